The number of likely N-dealkylation sites (N-methyl/N-ethyl adjacent to an activating group) is 1. The van der Waals surface area contributed by atoms with E-state index in [-0.39, 0.29) is 29.4 Å². The number of para-hydroxylation sites is 2. The molecule has 7 heteroatoms. The summed E-state index contributed by atoms with van der Waals surface area (Å²) in [5.74, 6) is 0. The highest BCUT2D eigenvalue weighted by Gasteiger charge is 2.38. The lowest BCUT2D eigenvalue weighted by atomic mass is 9.84. The van der Waals surface area contributed by atoms with Gasteiger partial charge in [0.2, 0.25) is 15.4 Å². The van der Waals surface area contributed by atoms with Gasteiger partial charge in [0.25, 0.3) is 5.01 Å². The Morgan fingerprint density at radius 1 is 0.972 bits per heavy atom. The number of halogens is 1. The molecule has 36 heavy (non-hydrogen) atoms. The molecule has 0 saturated carbocycles. The van der Waals surface area contributed by atoms with Gasteiger partial charge in [-0.05, 0) is 48.9 Å². The lowest BCUT2D eigenvalue weighted by Gasteiger charge is -2.23. The van der Waals surface area contributed by atoms with E-state index in [1.54, 1.807) is 18.2 Å². The fourth-order valence-electron chi connectivity index (χ4n) is 4.89. The van der Waals surface area contributed by atoms with E-state index >= 15 is 0 Å². The smallest absolute Gasteiger partial charge is 0.281 e. The van der Waals surface area contributed by atoms with Gasteiger partial charge in [0.1, 0.15) is 11.7 Å². The third kappa shape index (κ3) is 4.31. The standard InChI is InChI=1S/C29H29N2O2S2.HI/c1-20-14-16-21(17-15-20)35(32,33)26(28-31(5)24-12-8-9-13-25(24)34-28)18-19-27-29(2,3)22-10-6-7-11-23(22)30(27)4;/h6-19H,1-5H3;1H/q+1;/p-1. The van der Waals surface area contributed by atoms with Crippen LogP contribution in [0.5, 0.6) is 0 Å². The fraction of sp³-hybridized carbons (Fsp3) is 0.207. The molecule has 4 aromatic rings. The van der Waals surface area contributed by atoms with Crippen molar-refractivity contribution in [3.05, 3.63) is 107 Å². The number of fused-ring (bicyclic) bond motifs is 2. The van der Waals surface area contributed by atoms with Gasteiger partial charge < -0.3 is 28.9 Å². The number of benzene rings is 3. The zero-order valence-electron chi connectivity index (χ0n) is 21.0. The predicted molar refractivity (Wildman–Crippen MR) is 145 cm³/mol. The van der Waals surface area contributed by atoms with Gasteiger partial charge in [-0.1, -0.05) is 73.2 Å². The van der Waals surface area contributed by atoms with Crippen LogP contribution in [0.4, 0.5) is 5.69 Å². The molecule has 1 aromatic heterocycles. The minimum absolute atomic E-state index is 0. The minimum Gasteiger partial charge on any atom is -1.00 e. The Morgan fingerprint density at radius 3 is 2.28 bits per heavy atom. The van der Waals surface area contributed by atoms with Gasteiger partial charge in [0, 0.05) is 29.9 Å². The van der Waals surface area contributed by atoms with Gasteiger partial charge in [-0.15, -0.1) is 0 Å². The van der Waals surface area contributed by atoms with E-state index in [2.05, 4.69) is 36.9 Å². The quantitative estimate of drug-likeness (QED) is 0.258. The van der Waals surface area contributed by atoms with Crippen molar-refractivity contribution in [3.8, 4) is 0 Å². The highest BCUT2D eigenvalue weighted by atomic mass is 127. The lowest BCUT2D eigenvalue weighted by molar-refractivity contribution is -0.642. The Kier molecular flexibility index (Phi) is 7.20. The van der Waals surface area contributed by atoms with Crippen LogP contribution in [0.1, 0.15) is 30.0 Å². The Bertz CT molecular complexity index is 1610. The van der Waals surface area contributed by atoms with Gasteiger partial charge in [-0.3, -0.25) is 0 Å². The summed E-state index contributed by atoms with van der Waals surface area (Å²) in [5, 5.41) is 0.708. The minimum atomic E-state index is -3.77. The summed E-state index contributed by atoms with van der Waals surface area (Å²) in [6, 6.07) is 23.4. The maximum Gasteiger partial charge on any atom is 0.281 e. The van der Waals surface area contributed by atoms with Crippen LogP contribution in [0.15, 0.2) is 95.5 Å². The molecule has 0 atom stereocenters. The van der Waals surface area contributed by atoms with Crippen LogP contribution < -0.4 is 33.4 Å². The first-order valence-corrected chi connectivity index (χ1v) is 13.9. The average Bonchev–Trinajstić information content (AvgIpc) is 3.26. The van der Waals surface area contributed by atoms with Gasteiger partial charge in [-0.25, -0.2) is 8.42 Å². The maximum absolute atomic E-state index is 14.0. The van der Waals surface area contributed by atoms with Gasteiger partial charge in [0.15, 0.2) is 4.91 Å². The number of hydrogen-bond acceptors (Lipinski definition) is 4. The summed E-state index contributed by atoms with van der Waals surface area (Å²) in [6.45, 7) is 6.32. The van der Waals surface area contributed by atoms with Crippen molar-refractivity contribution in [2.24, 2.45) is 7.05 Å². The Morgan fingerprint density at radius 2 is 1.61 bits per heavy atom. The zero-order chi connectivity index (χ0) is 25.0. The molecule has 1 aliphatic rings. The van der Waals surface area contributed by atoms with Crippen molar-refractivity contribution >= 4 is 42.0 Å². The molecule has 0 unspecified atom stereocenters. The molecular weight excluding hydrogens is 599 g/mol. The number of thiazole rings is 1. The number of rotatable bonds is 4. The van der Waals surface area contributed by atoms with Crippen molar-refractivity contribution in [2.45, 2.75) is 31.1 Å². The highest BCUT2D eigenvalue weighted by Crippen LogP contribution is 2.47. The topological polar surface area (TPSA) is 41.3 Å². The molecule has 0 saturated heterocycles. The third-order valence-corrected chi connectivity index (χ3v) is 10.1. The maximum atomic E-state index is 14.0. The van der Waals surface area contributed by atoms with Crippen molar-refractivity contribution in [3.63, 3.8) is 0 Å². The molecule has 2 heterocycles. The molecule has 3 aromatic carbocycles. The van der Waals surface area contributed by atoms with E-state index in [1.807, 2.05) is 74.1 Å². The number of allylic oxidation sites excluding steroid dienone is 3. The second kappa shape index (κ2) is 9.76. The first kappa shape index (κ1) is 26.6. The Balaban J connectivity index is 0.00000304. The molecule has 0 spiro atoms. The van der Waals surface area contributed by atoms with Crippen molar-refractivity contribution in [2.75, 3.05) is 11.9 Å². The number of aromatic nitrogens is 1. The number of hydrogen-bond donors (Lipinski definition) is 0. The molecule has 0 bridgehead atoms. The zero-order valence-corrected chi connectivity index (χ0v) is 24.8. The first-order valence-electron chi connectivity index (χ1n) is 11.6. The predicted octanol–water partition coefficient (Wildman–Crippen LogP) is 3.16. The van der Waals surface area contributed by atoms with Crippen LogP contribution in [-0.2, 0) is 22.3 Å². The highest BCUT2D eigenvalue weighted by molar-refractivity contribution is 8.00. The fourth-order valence-corrected chi connectivity index (χ4v) is 7.78. The van der Waals surface area contributed by atoms with Crippen LogP contribution >= 0.6 is 11.3 Å². The van der Waals surface area contributed by atoms with E-state index in [9.17, 15) is 8.42 Å². The van der Waals surface area contributed by atoms with E-state index in [0.717, 1.165) is 27.2 Å². The first-order chi connectivity index (χ1) is 16.6. The molecule has 1 aliphatic heterocycles. The molecular formula is C29H29IN2O2S2. The summed E-state index contributed by atoms with van der Waals surface area (Å²) in [5.41, 5.74) is 5.22. The molecule has 0 fully saturated rings. The second-order valence-electron chi connectivity index (χ2n) is 9.53. The lowest BCUT2D eigenvalue weighted by Crippen LogP contribution is -3.00. The summed E-state index contributed by atoms with van der Waals surface area (Å²) in [4.78, 5) is 2.76. The van der Waals surface area contributed by atoms with Crippen molar-refractivity contribution < 1.29 is 37.0 Å². The normalized spacial score (nSPS) is 16.3. The van der Waals surface area contributed by atoms with Crippen molar-refractivity contribution in [1.82, 2.24) is 0 Å². The van der Waals surface area contributed by atoms with E-state index in [4.69, 9.17) is 0 Å². The molecule has 0 aliphatic carbocycles. The number of nitrogens with zero attached hydrogens (tertiary/aromatic N) is 2. The summed E-state index contributed by atoms with van der Waals surface area (Å²) >= 11 is 1.50. The summed E-state index contributed by atoms with van der Waals surface area (Å²) in [7, 11) is 0.207. The Hall–Kier alpha value is -2.49. The summed E-state index contributed by atoms with van der Waals surface area (Å²) < 4.78 is 31.1. The monoisotopic (exact) mass is 628 g/mol. The van der Waals surface area contributed by atoms with E-state index in [1.165, 1.54) is 16.9 Å². The Labute approximate surface area is 234 Å². The summed E-state index contributed by atoms with van der Waals surface area (Å²) in [6.07, 6.45) is 3.77. The molecule has 0 amide bonds. The van der Waals surface area contributed by atoms with E-state index < -0.39 is 9.84 Å². The van der Waals surface area contributed by atoms with Gasteiger partial charge in [0.05, 0.1) is 4.90 Å². The second-order valence-corrected chi connectivity index (χ2v) is 12.5. The molecule has 0 N–H and O–H groups in total. The number of sulfone groups is 1. The van der Waals surface area contributed by atoms with Gasteiger partial charge >= 0.3 is 0 Å². The molecule has 0 radical (unpaired) electrons. The molecule has 4 nitrogen and oxygen atoms in total. The van der Waals surface area contributed by atoms with E-state index in [0.29, 0.717) is 14.8 Å². The third-order valence-electron chi connectivity index (χ3n) is 6.90. The van der Waals surface area contributed by atoms with Crippen LogP contribution in [0.3, 0.4) is 0 Å². The van der Waals surface area contributed by atoms with Gasteiger partial charge in [-0.2, -0.15) is 4.57 Å². The van der Waals surface area contributed by atoms with Crippen LogP contribution in [0.2, 0.25) is 0 Å². The van der Waals surface area contributed by atoms with Crippen LogP contribution in [0.25, 0.3) is 15.1 Å². The average molecular weight is 629 g/mol. The van der Waals surface area contributed by atoms with Crippen LogP contribution in [0, 0.1) is 6.92 Å². The number of aryl methyl sites for hydroxylation is 2. The number of anilines is 1. The molecule has 5 rings (SSSR count). The van der Waals surface area contributed by atoms with Crippen LogP contribution in [-0.4, -0.2) is 15.5 Å². The SMILES string of the molecule is Cc1ccc(S(=O)(=O)/C(=C/C=C2/N(C)c3ccccc3C2(C)C)c2sc3ccccc3[n+]2C)cc1.[I-]. The largest absolute Gasteiger partial charge is 1.00 e. The van der Waals surface area contributed by atoms with Crippen molar-refractivity contribution in [1.29, 1.82) is 0 Å². The molecule has 186 valence electrons.